The molecule has 0 fully saturated rings. The van der Waals surface area contributed by atoms with Crippen LogP contribution in [0, 0.1) is 0 Å². The highest BCUT2D eigenvalue weighted by Gasteiger charge is 2.22. The van der Waals surface area contributed by atoms with Crippen molar-refractivity contribution in [3.05, 3.63) is 273 Å². The van der Waals surface area contributed by atoms with E-state index in [1.165, 1.54) is 98.4 Å². The second kappa shape index (κ2) is 17.0. The summed E-state index contributed by atoms with van der Waals surface area (Å²) >= 11 is 0. The van der Waals surface area contributed by atoms with Crippen molar-refractivity contribution < 1.29 is 0 Å². The number of fused-ring (bicyclic) bond motifs is 7. The molecule has 322 valence electrons. The van der Waals surface area contributed by atoms with Crippen molar-refractivity contribution in [1.82, 2.24) is 0 Å². The molecule has 0 aliphatic carbocycles. The Kier molecular flexibility index (Phi) is 9.91. The minimum absolute atomic E-state index is 1.08. The molecule has 1 heteroatoms. The van der Waals surface area contributed by atoms with Gasteiger partial charge < -0.3 is 4.90 Å². The zero-order valence-electron chi connectivity index (χ0n) is 37.9. The minimum Gasteiger partial charge on any atom is -0.310 e. The van der Waals surface area contributed by atoms with Gasteiger partial charge in [0.25, 0.3) is 0 Å². The summed E-state index contributed by atoms with van der Waals surface area (Å²) < 4.78 is 0. The van der Waals surface area contributed by atoms with Crippen LogP contribution in [0.15, 0.2) is 273 Å². The Balaban J connectivity index is 0.996. The van der Waals surface area contributed by atoms with E-state index in [0.29, 0.717) is 0 Å². The number of hydrogen-bond acceptors (Lipinski definition) is 1. The summed E-state index contributed by atoms with van der Waals surface area (Å²) in [4.78, 5) is 2.44. The van der Waals surface area contributed by atoms with E-state index in [2.05, 4.69) is 278 Å². The monoisotopic (exact) mass is 875 g/mol. The summed E-state index contributed by atoms with van der Waals surface area (Å²) in [5, 5.41) is 12.5. The molecule has 0 saturated carbocycles. The summed E-state index contributed by atoms with van der Waals surface area (Å²) in [5.74, 6) is 0. The summed E-state index contributed by atoms with van der Waals surface area (Å²) in [5.41, 5.74) is 15.2. The third kappa shape index (κ3) is 7.20. The number of benzene rings is 13. The highest BCUT2D eigenvalue weighted by Crippen LogP contribution is 2.48. The molecule has 0 heterocycles. The van der Waals surface area contributed by atoms with Gasteiger partial charge in [0.1, 0.15) is 0 Å². The lowest BCUT2D eigenvalue weighted by atomic mass is 9.84. The molecule has 13 rings (SSSR count). The minimum atomic E-state index is 1.08. The van der Waals surface area contributed by atoms with Gasteiger partial charge in [-0.2, -0.15) is 0 Å². The summed E-state index contributed by atoms with van der Waals surface area (Å²) in [6.45, 7) is 0. The molecule has 69 heavy (non-hydrogen) atoms. The lowest BCUT2D eigenvalue weighted by molar-refractivity contribution is 1.28. The molecule has 1 nitrogen and oxygen atoms in total. The van der Waals surface area contributed by atoms with E-state index in [-0.39, 0.29) is 0 Å². The van der Waals surface area contributed by atoms with Crippen LogP contribution in [0.2, 0.25) is 0 Å². The number of hydrogen-bond donors (Lipinski definition) is 0. The second-order valence-electron chi connectivity index (χ2n) is 18.0. The summed E-state index contributed by atoms with van der Waals surface area (Å²) in [6.07, 6.45) is 0. The van der Waals surface area contributed by atoms with Gasteiger partial charge in [-0.05, 0) is 152 Å². The van der Waals surface area contributed by atoms with Gasteiger partial charge in [0, 0.05) is 16.9 Å². The first-order valence-electron chi connectivity index (χ1n) is 23.8. The largest absolute Gasteiger partial charge is 0.310 e. The van der Waals surface area contributed by atoms with Crippen molar-refractivity contribution in [2.45, 2.75) is 0 Å². The van der Waals surface area contributed by atoms with E-state index < -0.39 is 0 Å². The van der Waals surface area contributed by atoms with Crippen molar-refractivity contribution in [3.8, 4) is 55.6 Å². The second-order valence-corrected chi connectivity index (χ2v) is 18.0. The first kappa shape index (κ1) is 40.3. The van der Waals surface area contributed by atoms with Gasteiger partial charge in [-0.1, -0.05) is 224 Å². The first-order valence-corrected chi connectivity index (χ1v) is 23.8. The predicted octanol–water partition coefficient (Wildman–Crippen LogP) is 19.3. The van der Waals surface area contributed by atoms with Crippen molar-refractivity contribution >= 4 is 70.9 Å². The zero-order valence-corrected chi connectivity index (χ0v) is 37.9. The molecule has 0 aliphatic rings. The third-order valence-corrected chi connectivity index (χ3v) is 14.0. The number of rotatable bonds is 8. The van der Waals surface area contributed by atoms with E-state index in [4.69, 9.17) is 0 Å². The summed E-state index contributed by atoms with van der Waals surface area (Å²) in [6, 6.07) is 100. The van der Waals surface area contributed by atoms with Gasteiger partial charge in [0.15, 0.2) is 0 Å². The Hall–Kier alpha value is -9.04. The third-order valence-electron chi connectivity index (χ3n) is 14.0. The molecule has 0 amide bonds. The van der Waals surface area contributed by atoms with E-state index in [1.807, 2.05) is 0 Å². The van der Waals surface area contributed by atoms with Crippen LogP contribution in [0.3, 0.4) is 0 Å². The van der Waals surface area contributed by atoms with Crippen LogP contribution in [0.5, 0.6) is 0 Å². The van der Waals surface area contributed by atoms with Gasteiger partial charge in [0.2, 0.25) is 0 Å². The predicted molar refractivity (Wildman–Crippen MR) is 296 cm³/mol. The molecule has 0 saturated heterocycles. The molecule has 0 bridgehead atoms. The lowest BCUT2D eigenvalue weighted by Crippen LogP contribution is -2.11. The highest BCUT2D eigenvalue weighted by atomic mass is 15.1. The quantitative estimate of drug-likeness (QED) is 0.138. The van der Waals surface area contributed by atoms with E-state index in [9.17, 15) is 0 Å². The Morgan fingerprint density at radius 2 is 0.696 bits per heavy atom. The maximum Gasteiger partial charge on any atom is 0.0540 e. The Morgan fingerprint density at radius 1 is 0.203 bits per heavy atom. The molecule has 13 aromatic carbocycles. The fourth-order valence-corrected chi connectivity index (χ4v) is 10.7. The average Bonchev–Trinajstić information content (AvgIpc) is 3.43. The van der Waals surface area contributed by atoms with Crippen molar-refractivity contribution in [1.29, 1.82) is 0 Å². The van der Waals surface area contributed by atoms with E-state index in [0.717, 1.165) is 28.2 Å². The van der Waals surface area contributed by atoms with Crippen LogP contribution in [-0.4, -0.2) is 0 Å². The number of para-hydroxylation sites is 1. The Labute approximate surface area is 402 Å². The fraction of sp³-hybridized carbons (Fsp3) is 0. The van der Waals surface area contributed by atoms with Crippen LogP contribution >= 0.6 is 0 Å². The molecule has 0 unspecified atom stereocenters. The first-order chi connectivity index (χ1) is 34.2. The van der Waals surface area contributed by atoms with E-state index in [1.54, 1.807) is 0 Å². The van der Waals surface area contributed by atoms with Crippen LogP contribution in [-0.2, 0) is 0 Å². The van der Waals surface area contributed by atoms with Crippen LogP contribution in [0.25, 0.3) is 109 Å². The highest BCUT2D eigenvalue weighted by molar-refractivity contribution is 6.22. The molecule has 0 spiro atoms. The van der Waals surface area contributed by atoms with Gasteiger partial charge >= 0.3 is 0 Å². The van der Waals surface area contributed by atoms with Crippen LogP contribution < -0.4 is 4.90 Å². The maximum atomic E-state index is 2.44. The molecular formula is C68H45N. The molecule has 0 atom stereocenters. The fourth-order valence-electron chi connectivity index (χ4n) is 10.7. The molecule has 13 aromatic rings. The van der Waals surface area contributed by atoms with Crippen LogP contribution in [0.4, 0.5) is 17.1 Å². The maximum absolute atomic E-state index is 2.44. The Morgan fingerprint density at radius 3 is 1.49 bits per heavy atom. The molecule has 0 N–H and O–H groups in total. The van der Waals surface area contributed by atoms with Crippen molar-refractivity contribution in [2.75, 3.05) is 4.90 Å². The van der Waals surface area contributed by atoms with Gasteiger partial charge in [-0.15, -0.1) is 0 Å². The molecule has 0 aromatic heterocycles. The topological polar surface area (TPSA) is 3.24 Å². The lowest BCUT2D eigenvalue weighted by Gasteiger charge is -2.29. The van der Waals surface area contributed by atoms with Gasteiger partial charge in [-0.25, -0.2) is 0 Å². The number of nitrogens with zero attached hydrogens (tertiary/aromatic N) is 1. The molecular weight excluding hydrogens is 831 g/mol. The summed E-state index contributed by atoms with van der Waals surface area (Å²) in [7, 11) is 0. The number of anilines is 3. The SMILES string of the molecule is c1ccc(-c2c(-c3ccccc3)c3cc(-c4ccccc4N(c4ccc(-c5ccc6c(ccc7ccccc76)c5)cc4)c4cccc(-c5ccc6ccccc6c5)c4)ccc3c3ccccc23)cc1. The van der Waals surface area contributed by atoms with Gasteiger partial charge in [-0.3, -0.25) is 0 Å². The standard InChI is InChI=1S/C68H45N/c1-3-18-49(19-4-1)67-64-28-12-11-27-62(64)63-41-37-56(45-65(63)68(67)50-20-5-2-6-21-50)61-26-13-14-29-66(61)69(58-24-15-23-52(44-58)54-32-30-46-16-7-8-22-51(46)42-54)57-38-34-47(35-39-57)53-36-40-60-55(43-53)33-31-48-17-9-10-25-59(48)60/h1-45H. The normalized spacial score (nSPS) is 11.5. The van der Waals surface area contributed by atoms with Crippen molar-refractivity contribution in [2.24, 2.45) is 0 Å². The van der Waals surface area contributed by atoms with Crippen LogP contribution in [0.1, 0.15) is 0 Å². The smallest absolute Gasteiger partial charge is 0.0540 e. The Bertz CT molecular complexity index is 4060. The van der Waals surface area contributed by atoms with Gasteiger partial charge in [0.05, 0.1) is 5.69 Å². The van der Waals surface area contributed by atoms with Crippen molar-refractivity contribution in [3.63, 3.8) is 0 Å². The average molecular weight is 876 g/mol. The molecule has 0 aliphatic heterocycles. The zero-order chi connectivity index (χ0) is 45.7. The van der Waals surface area contributed by atoms with E-state index >= 15 is 0 Å². The molecule has 0 radical (unpaired) electrons.